The van der Waals surface area contributed by atoms with Gasteiger partial charge in [-0.05, 0) is 20.5 Å². The van der Waals surface area contributed by atoms with Gasteiger partial charge in [-0.2, -0.15) is 0 Å². The fourth-order valence-corrected chi connectivity index (χ4v) is 0.490. The van der Waals surface area contributed by atoms with Crippen LogP contribution >= 0.6 is 0 Å². The Morgan fingerprint density at radius 2 is 2.15 bits per heavy atom. The van der Waals surface area contributed by atoms with E-state index in [0.717, 1.165) is 13.0 Å². The molecule has 0 aliphatic heterocycles. The first-order valence-electron chi connectivity index (χ1n) is 4.27. The van der Waals surface area contributed by atoms with Gasteiger partial charge in [-0.15, -0.1) is 6.58 Å². The van der Waals surface area contributed by atoms with Gasteiger partial charge < -0.3 is 15.3 Å². The number of hydrogen-bond acceptors (Lipinski definition) is 2. The number of nitrogens with zero attached hydrogens (tertiary/aromatic N) is 1. The highest BCUT2D eigenvalue weighted by Crippen LogP contribution is 1.69. The number of carbonyl (C=O) groups is 1. The topological polar surface area (TPSA) is 52.6 Å². The zero-order valence-electron chi connectivity index (χ0n) is 8.71. The lowest BCUT2D eigenvalue weighted by Gasteiger charge is -2.01. The fraction of sp³-hybridized carbons (Fsp3) is 0.667. The molecule has 0 atom stereocenters. The van der Waals surface area contributed by atoms with Gasteiger partial charge in [0, 0.05) is 13.1 Å². The van der Waals surface area contributed by atoms with Gasteiger partial charge in [-0.25, -0.2) is 4.79 Å². The molecule has 0 radical (unpaired) electrons. The zero-order valence-corrected chi connectivity index (χ0v) is 8.71. The predicted molar refractivity (Wildman–Crippen MR) is 55.1 cm³/mol. The molecule has 0 aromatic heterocycles. The summed E-state index contributed by atoms with van der Waals surface area (Å²) in [5.74, 6) is 0. The van der Waals surface area contributed by atoms with Crippen molar-refractivity contribution in [2.24, 2.45) is 0 Å². The van der Waals surface area contributed by atoms with Crippen LogP contribution in [-0.4, -0.2) is 43.3 Å². The van der Waals surface area contributed by atoms with Crippen LogP contribution in [0.25, 0.3) is 0 Å². The first-order chi connectivity index (χ1) is 6.04. The fourth-order valence-electron chi connectivity index (χ4n) is 0.490. The Bertz CT molecular complexity index is 136. The van der Waals surface area contributed by atoms with E-state index >= 15 is 0 Å². The largest absolute Gasteiger partial charge is 0.465 e. The van der Waals surface area contributed by atoms with Crippen molar-refractivity contribution < 1.29 is 9.90 Å². The van der Waals surface area contributed by atoms with Gasteiger partial charge in [0.2, 0.25) is 0 Å². The molecule has 0 saturated carbocycles. The maximum atomic E-state index is 9.65. The van der Waals surface area contributed by atoms with Crippen molar-refractivity contribution in [2.75, 3.05) is 27.2 Å². The average Bonchev–Trinajstić information content (AvgIpc) is 2.01. The average molecular weight is 188 g/mol. The van der Waals surface area contributed by atoms with Crippen LogP contribution in [-0.2, 0) is 0 Å². The van der Waals surface area contributed by atoms with E-state index in [1.54, 1.807) is 0 Å². The maximum Gasteiger partial charge on any atom is 0.404 e. The molecule has 0 aromatic carbocycles. The minimum absolute atomic E-state index is 0.551. The SMILES string of the molecule is C=CCN(C)C.CCCNC(=O)O. The van der Waals surface area contributed by atoms with E-state index in [1.807, 2.05) is 27.1 Å². The van der Waals surface area contributed by atoms with Crippen molar-refractivity contribution in [3.63, 3.8) is 0 Å². The second-order valence-electron chi connectivity index (χ2n) is 2.78. The maximum absolute atomic E-state index is 9.65. The molecule has 0 saturated heterocycles. The molecule has 0 unspecified atom stereocenters. The van der Waals surface area contributed by atoms with Gasteiger partial charge in [-0.1, -0.05) is 13.0 Å². The normalized spacial score (nSPS) is 8.62. The van der Waals surface area contributed by atoms with E-state index in [1.165, 1.54) is 0 Å². The van der Waals surface area contributed by atoms with E-state index in [0.29, 0.717) is 6.54 Å². The Morgan fingerprint density at radius 1 is 1.62 bits per heavy atom. The third kappa shape index (κ3) is 24.8. The van der Waals surface area contributed by atoms with Crippen molar-refractivity contribution in [3.8, 4) is 0 Å². The van der Waals surface area contributed by atoms with E-state index in [4.69, 9.17) is 5.11 Å². The molecule has 13 heavy (non-hydrogen) atoms. The van der Waals surface area contributed by atoms with Crippen LogP contribution in [0.3, 0.4) is 0 Å². The lowest BCUT2D eigenvalue weighted by Crippen LogP contribution is -2.20. The number of likely N-dealkylation sites (N-methyl/N-ethyl adjacent to an activating group) is 1. The highest BCUT2D eigenvalue weighted by atomic mass is 16.4. The minimum atomic E-state index is -0.943. The third-order valence-corrected chi connectivity index (χ3v) is 1.02. The van der Waals surface area contributed by atoms with Crippen LogP contribution in [0.4, 0.5) is 4.79 Å². The first kappa shape index (κ1) is 14.5. The quantitative estimate of drug-likeness (QED) is 0.656. The van der Waals surface area contributed by atoms with Gasteiger partial charge in [0.1, 0.15) is 0 Å². The molecule has 0 heterocycles. The predicted octanol–water partition coefficient (Wildman–Crippen LogP) is 1.40. The standard InChI is InChI=1S/C5H11N.C4H9NO2/c1-4-5-6(2)3;1-2-3-5-4(6)7/h4H,1,5H2,2-3H3;5H,2-3H2,1H3,(H,6,7). The number of hydrogen-bond donors (Lipinski definition) is 2. The van der Waals surface area contributed by atoms with Gasteiger partial charge in [0.15, 0.2) is 0 Å². The number of amides is 1. The Morgan fingerprint density at radius 3 is 2.23 bits per heavy atom. The van der Waals surface area contributed by atoms with Crippen LogP contribution < -0.4 is 5.32 Å². The second-order valence-corrected chi connectivity index (χ2v) is 2.78. The van der Waals surface area contributed by atoms with Crippen molar-refractivity contribution in [1.82, 2.24) is 10.2 Å². The lowest BCUT2D eigenvalue weighted by atomic mass is 10.5. The molecule has 0 aliphatic carbocycles. The summed E-state index contributed by atoms with van der Waals surface area (Å²) < 4.78 is 0. The molecule has 1 amide bonds. The Kier molecular flexibility index (Phi) is 12.2. The number of rotatable bonds is 4. The van der Waals surface area contributed by atoms with Crippen LogP contribution in [0.5, 0.6) is 0 Å². The Balaban J connectivity index is 0. The van der Waals surface area contributed by atoms with Crippen LogP contribution in [0.15, 0.2) is 12.7 Å². The van der Waals surface area contributed by atoms with E-state index in [2.05, 4.69) is 16.8 Å². The molecule has 0 rings (SSSR count). The highest BCUT2D eigenvalue weighted by molar-refractivity contribution is 5.64. The molecule has 0 spiro atoms. The van der Waals surface area contributed by atoms with Gasteiger partial charge in [0.05, 0.1) is 0 Å². The molecule has 0 aliphatic rings. The molecule has 78 valence electrons. The smallest absolute Gasteiger partial charge is 0.404 e. The van der Waals surface area contributed by atoms with Crippen LogP contribution in [0.1, 0.15) is 13.3 Å². The molecule has 4 nitrogen and oxygen atoms in total. The number of carboxylic acid groups (broad SMARTS) is 1. The highest BCUT2D eigenvalue weighted by Gasteiger charge is 1.86. The van der Waals surface area contributed by atoms with Crippen LogP contribution in [0.2, 0.25) is 0 Å². The van der Waals surface area contributed by atoms with Crippen molar-refractivity contribution in [3.05, 3.63) is 12.7 Å². The zero-order chi connectivity index (χ0) is 10.7. The van der Waals surface area contributed by atoms with Crippen molar-refractivity contribution in [1.29, 1.82) is 0 Å². The van der Waals surface area contributed by atoms with E-state index in [9.17, 15) is 4.79 Å². The van der Waals surface area contributed by atoms with E-state index < -0.39 is 6.09 Å². The molecule has 0 aromatic rings. The summed E-state index contributed by atoms with van der Waals surface area (Å²) in [5.41, 5.74) is 0. The number of nitrogens with one attached hydrogen (secondary N) is 1. The summed E-state index contributed by atoms with van der Waals surface area (Å²) in [5, 5.41) is 10.1. The second kappa shape index (κ2) is 11.0. The van der Waals surface area contributed by atoms with Crippen LogP contribution in [0, 0.1) is 0 Å². The van der Waals surface area contributed by atoms with Gasteiger partial charge in [-0.3, -0.25) is 0 Å². The molecule has 0 bridgehead atoms. The summed E-state index contributed by atoms with van der Waals surface area (Å²) >= 11 is 0. The molecule has 2 N–H and O–H groups in total. The minimum Gasteiger partial charge on any atom is -0.465 e. The van der Waals surface area contributed by atoms with Gasteiger partial charge >= 0.3 is 6.09 Å². The lowest BCUT2D eigenvalue weighted by molar-refractivity contribution is 0.194. The molecule has 0 fully saturated rings. The van der Waals surface area contributed by atoms with Crippen molar-refractivity contribution in [2.45, 2.75) is 13.3 Å². The first-order valence-corrected chi connectivity index (χ1v) is 4.27. The summed E-state index contributed by atoms with van der Waals surface area (Å²) in [6, 6.07) is 0. The molecular formula is C9H20N2O2. The monoisotopic (exact) mass is 188 g/mol. The summed E-state index contributed by atoms with van der Waals surface area (Å²) in [6.07, 6.45) is 1.79. The van der Waals surface area contributed by atoms with Crippen molar-refractivity contribution >= 4 is 6.09 Å². The Labute approximate surface area is 80.2 Å². The summed E-state index contributed by atoms with van der Waals surface area (Å²) in [4.78, 5) is 11.7. The summed E-state index contributed by atoms with van der Waals surface area (Å²) in [7, 11) is 4.03. The Hall–Kier alpha value is -1.03. The summed E-state index contributed by atoms with van der Waals surface area (Å²) in [6.45, 7) is 6.99. The molecule has 4 heteroatoms. The third-order valence-electron chi connectivity index (χ3n) is 1.02. The van der Waals surface area contributed by atoms with E-state index in [-0.39, 0.29) is 0 Å². The molecular weight excluding hydrogens is 168 g/mol. The van der Waals surface area contributed by atoms with Gasteiger partial charge in [0.25, 0.3) is 0 Å².